The Labute approximate surface area is 137 Å². The highest BCUT2D eigenvalue weighted by molar-refractivity contribution is 7.17. The van der Waals surface area contributed by atoms with E-state index in [1.165, 1.54) is 34.0 Å². The molecule has 2 heterocycles. The second kappa shape index (κ2) is 6.22. The zero-order chi connectivity index (χ0) is 15.7. The first-order valence-corrected chi connectivity index (χ1v) is 9.01. The van der Waals surface area contributed by atoms with Crippen LogP contribution in [0.2, 0.25) is 0 Å². The molecule has 6 heteroatoms. The lowest BCUT2D eigenvalue weighted by atomic mass is 10.1. The van der Waals surface area contributed by atoms with E-state index < -0.39 is 5.91 Å². The number of rotatable bonds is 3. The average molecular weight is 334 g/mol. The molecule has 0 radical (unpaired) electrons. The molecule has 0 aliphatic heterocycles. The molecule has 0 saturated carbocycles. The van der Waals surface area contributed by atoms with Crippen molar-refractivity contribution in [3.63, 3.8) is 0 Å². The molecule has 0 unspecified atom stereocenters. The SMILES string of the molecule is Cc1ccc(C(=O)Nc2sc3c(c2C(N)=O)CCCCC3)s1. The summed E-state index contributed by atoms with van der Waals surface area (Å²) < 4.78 is 0. The third kappa shape index (κ3) is 2.94. The Bertz CT molecular complexity index is 731. The number of fused-ring (bicyclic) bond motifs is 1. The molecule has 0 saturated heterocycles. The van der Waals surface area contributed by atoms with Gasteiger partial charge in [-0.2, -0.15) is 0 Å². The number of hydrogen-bond acceptors (Lipinski definition) is 4. The zero-order valence-corrected chi connectivity index (χ0v) is 14.0. The third-order valence-corrected chi connectivity index (χ3v) is 6.07. The van der Waals surface area contributed by atoms with Crippen molar-refractivity contribution in [3.8, 4) is 0 Å². The predicted molar refractivity (Wildman–Crippen MR) is 91.1 cm³/mol. The Hall–Kier alpha value is -1.66. The second-order valence-corrected chi connectivity index (χ2v) is 7.89. The molecule has 3 N–H and O–H groups in total. The van der Waals surface area contributed by atoms with Crippen LogP contribution in [0.15, 0.2) is 12.1 Å². The van der Waals surface area contributed by atoms with Crippen LogP contribution in [0, 0.1) is 6.92 Å². The molecule has 0 aromatic carbocycles. The Morgan fingerprint density at radius 3 is 2.59 bits per heavy atom. The van der Waals surface area contributed by atoms with Crippen molar-refractivity contribution in [3.05, 3.63) is 37.9 Å². The molecular formula is C16H18N2O2S2. The Balaban J connectivity index is 1.93. The van der Waals surface area contributed by atoms with Gasteiger partial charge in [0.15, 0.2) is 0 Å². The summed E-state index contributed by atoms with van der Waals surface area (Å²) in [6.07, 6.45) is 5.22. The molecule has 0 bridgehead atoms. The summed E-state index contributed by atoms with van der Waals surface area (Å²) in [7, 11) is 0. The highest BCUT2D eigenvalue weighted by atomic mass is 32.1. The summed E-state index contributed by atoms with van der Waals surface area (Å²) in [4.78, 5) is 27.1. The summed E-state index contributed by atoms with van der Waals surface area (Å²) in [5.74, 6) is -0.617. The first-order chi connectivity index (χ1) is 10.6. The Kier molecular flexibility index (Phi) is 4.31. The van der Waals surface area contributed by atoms with Crippen LogP contribution in [-0.2, 0) is 12.8 Å². The third-order valence-electron chi connectivity index (χ3n) is 3.86. The van der Waals surface area contributed by atoms with Gasteiger partial charge in [0.1, 0.15) is 5.00 Å². The molecular weight excluding hydrogens is 316 g/mol. The smallest absolute Gasteiger partial charge is 0.266 e. The lowest BCUT2D eigenvalue weighted by Crippen LogP contribution is -2.17. The topological polar surface area (TPSA) is 72.2 Å². The first kappa shape index (κ1) is 15.2. The highest BCUT2D eigenvalue weighted by Crippen LogP contribution is 2.37. The van der Waals surface area contributed by atoms with Crippen LogP contribution in [-0.4, -0.2) is 11.8 Å². The minimum atomic E-state index is -0.447. The number of hydrogen-bond donors (Lipinski definition) is 2. The van der Waals surface area contributed by atoms with Gasteiger partial charge >= 0.3 is 0 Å². The van der Waals surface area contributed by atoms with Crippen LogP contribution >= 0.6 is 22.7 Å². The van der Waals surface area contributed by atoms with Gasteiger partial charge in [-0.15, -0.1) is 22.7 Å². The van der Waals surface area contributed by atoms with Crippen LogP contribution in [0.4, 0.5) is 5.00 Å². The van der Waals surface area contributed by atoms with Crippen LogP contribution in [0.25, 0.3) is 0 Å². The fraction of sp³-hybridized carbons (Fsp3) is 0.375. The van der Waals surface area contributed by atoms with Crippen molar-refractivity contribution in [1.29, 1.82) is 0 Å². The van der Waals surface area contributed by atoms with Gasteiger partial charge in [-0.25, -0.2) is 0 Å². The fourth-order valence-electron chi connectivity index (χ4n) is 2.81. The van der Waals surface area contributed by atoms with Gasteiger partial charge in [0.2, 0.25) is 0 Å². The average Bonchev–Trinajstić information content (AvgIpc) is 2.96. The fourth-order valence-corrected chi connectivity index (χ4v) is 4.87. The minimum Gasteiger partial charge on any atom is -0.365 e. The van der Waals surface area contributed by atoms with Gasteiger partial charge in [0.25, 0.3) is 11.8 Å². The number of nitrogens with two attached hydrogens (primary N) is 1. The van der Waals surface area contributed by atoms with Crippen molar-refractivity contribution in [2.45, 2.75) is 39.0 Å². The molecule has 116 valence electrons. The molecule has 2 amide bonds. The standard InChI is InChI=1S/C16H18N2O2S2/c1-9-7-8-12(21-9)15(20)18-16-13(14(17)19)10-5-3-2-4-6-11(10)22-16/h7-8H,2-6H2,1H3,(H2,17,19)(H,18,20). The molecule has 22 heavy (non-hydrogen) atoms. The normalized spacial score (nSPS) is 14.2. The number of nitrogens with one attached hydrogen (secondary N) is 1. The maximum absolute atomic E-state index is 12.3. The first-order valence-electron chi connectivity index (χ1n) is 7.38. The van der Waals surface area contributed by atoms with Crippen LogP contribution in [0.3, 0.4) is 0 Å². The summed E-state index contributed by atoms with van der Waals surface area (Å²) in [6.45, 7) is 1.96. The molecule has 0 spiro atoms. The van der Waals surface area contributed by atoms with Gasteiger partial charge in [0.05, 0.1) is 10.4 Å². The quantitative estimate of drug-likeness (QED) is 0.839. The number of anilines is 1. The molecule has 3 rings (SSSR count). The molecule has 2 aromatic rings. The lowest BCUT2D eigenvalue weighted by molar-refractivity contribution is 0.100. The molecule has 2 aromatic heterocycles. The monoisotopic (exact) mass is 334 g/mol. The van der Waals surface area contributed by atoms with Crippen molar-refractivity contribution < 1.29 is 9.59 Å². The maximum Gasteiger partial charge on any atom is 0.266 e. The lowest BCUT2D eigenvalue weighted by Gasteiger charge is -2.05. The van der Waals surface area contributed by atoms with Crippen LogP contribution in [0.5, 0.6) is 0 Å². The number of amides is 2. The summed E-state index contributed by atoms with van der Waals surface area (Å²) >= 11 is 2.95. The molecule has 1 aliphatic rings. The second-order valence-electron chi connectivity index (χ2n) is 5.50. The van der Waals surface area contributed by atoms with Crippen LogP contribution < -0.4 is 11.1 Å². The van der Waals surface area contributed by atoms with Crippen molar-refractivity contribution in [1.82, 2.24) is 0 Å². The van der Waals surface area contributed by atoms with E-state index in [1.807, 2.05) is 13.0 Å². The molecule has 0 atom stereocenters. The van der Waals surface area contributed by atoms with E-state index in [4.69, 9.17) is 5.73 Å². The van der Waals surface area contributed by atoms with Gasteiger partial charge in [-0.05, 0) is 50.3 Å². The molecule has 1 aliphatic carbocycles. The van der Waals surface area contributed by atoms with Gasteiger partial charge < -0.3 is 11.1 Å². The van der Waals surface area contributed by atoms with Crippen molar-refractivity contribution in [2.75, 3.05) is 5.32 Å². The maximum atomic E-state index is 12.3. The van der Waals surface area contributed by atoms with E-state index in [0.29, 0.717) is 15.4 Å². The molecule has 4 nitrogen and oxygen atoms in total. The summed E-state index contributed by atoms with van der Waals surface area (Å²) in [5, 5.41) is 3.50. The van der Waals surface area contributed by atoms with E-state index in [0.717, 1.165) is 36.1 Å². The minimum absolute atomic E-state index is 0.169. The number of primary amides is 1. The molecule has 0 fully saturated rings. The largest absolute Gasteiger partial charge is 0.365 e. The number of carbonyl (C=O) groups excluding carboxylic acids is 2. The number of aryl methyl sites for hydroxylation is 2. The zero-order valence-electron chi connectivity index (χ0n) is 12.4. The van der Waals surface area contributed by atoms with E-state index in [-0.39, 0.29) is 5.91 Å². The van der Waals surface area contributed by atoms with Gasteiger partial charge in [-0.1, -0.05) is 6.42 Å². The number of thiophene rings is 2. The summed E-state index contributed by atoms with van der Waals surface area (Å²) in [5.41, 5.74) is 7.14. The highest BCUT2D eigenvalue weighted by Gasteiger charge is 2.24. The summed E-state index contributed by atoms with van der Waals surface area (Å²) in [6, 6.07) is 3.72. The Morgan fingerprint density at radius 2 is 1.91 bits per heavy atom. The van der Waals surface area contributed by atoms with Crippen molar-refractivity contribution >= 4 is 39.5 Å². The van der Waals surface area contributed by atoms with Gasteiger partial charge in [0, 0.05) is 9.75 Å². The van der Waals surface area contributed by atoms with Gasteiger partial charge in [-0.3, -0.25) is 9.59 Å². The Morgan fingerprint density at radius 1 is 1.14 bits per heavy atom. The van der Waals surface area contributed by atoms with E-state index in [9.17, 15) is 9.59 Å². The van der Waals surface area contributed by atoms with E-state index >= 15 is 0 Å². The van der Waals surface area contributed by atoms with E-state index in [2.05, 4.69) is 5.32 Å². The van der Waals surface area contributed by atoms with Crippen LogP contribution in [0.1, 0.15) is 54.6 Å². The predicted octanol–water partition coefficient (Wildman–Crippen LogP) is 3.74. The number of carbonyl (C=O) groups is 2. The van der Waals surface area contributed by atoms with E-state index in [1.54, 1.807) is 6.07 Å². The van der Waals surface area contributed by atoms with Crippen molar-refractivity contribution in [2.24, 2.45) is 5.73 Å².